The summed E-state index contributed by atoms with van der Waals surface area (Å²) < 4.78 is 62.3. The zero-order chi connectivity index (χ0) is 39.0. The summed E-state index contributed by atoms with van der Waals surface area (Å²) in [5.74, 6) is -6.08. The Labute approximate surface area is 292 Å². The van der Waals surface area contributed by atoms with Gasteiger partial charge >= 0.3 is 0 Å². The number of amides is 2. The van der Waals surface area contributed by atoms with Crippen LogP contribution in [-0.4, -0.2) is 56.3 Å². The molecular formula is C34H32F4N4O10. The summed E-state index contributed by atoms with van der Waals surface area (Å²) in [6.07, 6.45) is 0. The molecular weight excluding hydrogens is 700 g/mol. The molecule has 4 aromatic carbocycles. The number of aliphatic hydroxyl groups is 2. The summed E-state index contributed by atoms with van der Waals surface area (Å²) in [7, 11) is 0. The lowest BCUT2D eigenvalue weighted by atomic mass is 10.1. The predicted molar refractivity (Wildman–Crippen MR) is 178 cm³/mol. The smallest absolute Gasteiger partial charge is 0.272 e. The molecule has 52 heavy (non-hydrogen) atoms. The number of ether oxygens (including phenoxy) is 2. The van der Waals surface area contributed by atoms with Crippen molar-refractivity contribution >= 4 is 34.6 Å². The number of rotatable bonds is 12. The Morgan fingerprint density at radius 3 is 1.27 bits per heavy atom. The fourth-order valence-electron chi connectivity index (χ4n) is 4.12. The van der Waals surface area contributed by atoms with Gasteiger partial charge in [0.1, 0.15) is 24.7 Å². The highest BCUT2D eigenvalue weighted by Crippen LogP contribution is 2.25. The summed E-state index contributed by atoms with van der Waals surface area (Å²) in [6, 6.07) is 13.5. The summed E-state index contributed by atoms with van der Waals surface area (Å²) in [5.41, 5.74) is -2.98. The standard InChI is InChI=1S/2C17H16F2N2O5/c2*1-10-7-11(3-6-15(10)21(24)25)20-16(22)17(2,23)9-26-12-4-5-13(18)14(19)8-12/h2*3-8,23H,9H2,1-2H3,(H,20,22). The molecule has 0 heterocycles. The van der Waals surface area contributed by atoms with Gasteiger partial charge in [-0.15, -0.1) is 0 Å². The lowest BCUT2D eigenvalue weighted by molar-refractivity contribution is -0.385. The normalized spacial score (nSPS) is 13.0. The van der Waals surface area contributed by atoms with Crippen molar-refractivity contribution in [2.24, 2.45) is 0 Å². The highest BCUT2D eigenvalue weighted by Gasteiger charge is 2.33. The van der Waals surface area contributed by atoms with Crippen LogP contribution in [-0.2, 0) is 9.59 Å². The van der Waals surface area contributed by atoms with E-state index in [9.17, 15) is 57.6 Å². The molecule has 0 aliphatic heterocycles. The van der Waals surface area contributed by atoms with E-state index in [1.54, 1.807) is 0 Å². The minimum atomic E-state index is -1.99. The highest BCUT2D eigenvalue weighted by molar-refractivity contribution is 5.97. The Morgan fingerprint density at radius 1 is 0.635 bits per heavy atom. The molecule has 0 aliphatic rings. The first-order valence-corrected chi connectivity index (χ1v) is 14.9. The van der Waals surface area contributed by atoms with E-state index < -0.39 is 69.3 Å². The number of anilines is 2. The van der Waals surface area contributed by atoms with Gasteiger partial charge in [-0.2, -0.15) is 0 Å². The Balaban J connectivity index is 0.000000280. The molecule has 0 aromatic heterocycles. The SMILES string of the molecule is Cc1cc(NC(=O)C(C)(O)COc2ccc(F)c(F)c2)ccc1[N+](=O)[O-].Cc1cc(NC(=O)C(C)(O)COc2ccc(F)c(F)c2)ccc1[N+](=O)[O-]. The van der Waals surface area contributed by atoms with Gasteiger partial charge in [0.25, 0.3) is 23.2 Å². The van der Waals surface area contributed by atoms with Gasteiger partial charge < -0.3 is 30.3 Å². The molecule has 0 spiro atoms. The van der Waals surface area contributed by atoms with E-state index in [0.29, 0.717) is 11.1 Å². The third-order valence-corrected chi connectivity index (χ3v) is 7.10. The van der Waals surface area contributed by atoms with Gasteiger partial charge in [0, 0.05) is 46.8 Å². The minimum absolute atomic E-state index is 0.0526. The van der Waals surface area contributed by atoms with Crippen LogP contribution in [0.5, 0.6) is 11.5 Å². The number of hydrogen-bond acceptors (Lipinski definition) is 10. The zero-order valence-corrected chi connectivity index (χ0v) is 27.9. The van der Waals surface area contributed by atoms with Gasteiger partial charge in [-0.1, -0.05) is 0 Å². The quantitative estimate of drug-likeness (QED) is 0.0771. The number of hydrogen-bond donors (Lipinski definition) is 4. The van der Waals surface area contributed by atoms with Gasteiger partial charge in [0.2, 0.25) is 0 Å². The molecule has 2 unspecified atom stereocenters. The number of aryl methyl sites for hydroxylation is 2. The first-order chi connectivity index (χ1) is 24.2. The Bertz CT molecular complexity index is 1850. The molecule has 4 N–H and O–H groups in total. The van der Waals surface area contributed by atoms with Crippen molar-refractivity contribution in [3.8, 4) is 11.5 Å². The van der Waals surface area contributed by atoms with E-state index in [0.717, 1.165) is 36.4 Å². The average Bonchev–Trinajstić information content (AvgIpc) is 3.06. The van der Waals surface area contributed by atoms with Gasteiger partial charge in [-0.05, 0) is 76.2 Å². The van der Waals surface area contributed by atoms with Gasteiger partial charge in [-0.3, -0.25) is 29.8 Å². The van der Waals surface area contributed by atoms with Crippen molar-refractivity contribution in [1.82, 2.24) is 0 Å². The molecule has 276 valence electrons. The van der Waals surface area contributed by atoms with Crippen molar-refractivity contribution < 1.29 is 56.7 Å². The van der Waals surface area contributed by atoms with Crippen LogP contribution in [0.4, 0.5) is 40.3 Å². The fraction of sp³-hybridized carbons (Fsp3) is 0.235. The molecule has 0 fully saturated rings. The number of nitrogens with zero attached hydrogens (tertiary/aromatic N) is 2. The van der Waals surface area contributed by atoms with E-state index in [-0.39, 0.29) is 34.2 Å². The number of nitro benzene ring substituents is 2. The second-order valence-corrected chi connectivity index (χ2v) is 11.7. The van der Waals surface area contributed by atoms with Crippen LogP contribution in [0.25, 0.3) is 0 Å². The van der Waals surface area contributed by atoms with Crippen molar-refractivity contribution in [2.75, 3.05) is 23.8 Å². The topological polar surface area (TPSA) is 203 Å². The third kappa shape index (κ3) is 10.9. The van der Waals surface area contributed by atoms with Crippen LogP contribution in [0.1, 0.15) is 25.0 Å². The molecule has 0 bridgehead atoms. The van der Waals surface area contributed by atoms with Crippen LogP contribution < -0.4 is 20.1 Å². The molecule has 2 atom stereocenters. The van der Waals surface area contributed by atoms with Gasteiger partial charge in [-0.25, -0.2) is 17.6 Å². The average molecular weight is 733 g/mol. The number of carbonyl (C=O) groups is 2. The first kappa shape index (κ1) is 40.3. The predicted octanol–water partition coefficient (Wildman–Crippen LogP) is 5.90. The largest absolute Gasteiger partial charge is 0.490 e. The van der Waals surface area contributed by atoms with E-state index in [2.05, 4.69) is 10.6 Å². The fourth-order valence-corrected chi connectivity index (χ4v) is 4.12. The van der Waals surface area contributed by atoms with Crippen LogP contribution in [0.2, 0.25) is 0 Å². The molecule has 18 heteroatoms. The number of nitrogens with one attached hydrogen (secondary N) is 2. The summed E-state index contributed by atoms with van der Waals surface area (Å²) in [6.45, 7) is 4.35. The van der Waals surface area contributed by atoms with Crippen molar-refractivity contribution in [1.29, 1.82) is 0 Å². The van der Waals surface area contributed by atoms with Crippen molar-refractivity contribution in [3.63, 3.8) is 0 Å². The Morgan fingerprint density at radius 2 is 0.981 bits per heavy atom. The third-order valence-electron chi connectivity index (χ3n) is 7.10. The lowest BCUT2D eigenvalue weighted by Crippen LogP contribution is -2.45. The Kier molecular flexibility index (Phi) is 12.9. The monoisotopic (exact) mass is 732 g/mol. The Hall–Kier alpha value is -6.14. The van der Waals surface area contributed by atoms with E-state index in [1.165, 1.54) is 64.1 Å². The van der Waals surface area contributed by atoms with Crippen LogP contribution in [0.3, 0.4) is 0 Å². The molecule has 0 radical (unpaired) electrons. The zero-order valence-electron chi connectivity index (χ0n) is 27.9. The summed E-state index contributed by atoms with van der Waals surface area (Å²) >= 11 is 0. The first-order valence-electron chi connectivity index (χ1n) is 14.9. The molecule has 0 aliphatic carbocycles. The number of benzene rings is 4. The van der Waals surface area contributed by atoms with E-state index >= 15 is 0 Å². The number of carbonyl (C=O) groups excluding carboxylic acids is 2. The molecule has 14 nitrogen and oxygen atoms in total. The molecule has 0 saturated heterocycles. The summed E-state index contributed by atoms with van der Waals surface area (Å²) in [5, 5.41) is 46.9. The van der Waals surface area contributed by atoms with Crippen LogP contribution >= 0.6 is 0 Å². The number of nitro groups is 2. The molecule has 2 amide bonds. The van der Waals surface area contributed by atoms with Gasteiger partial charge in [0.15, 0.2) is 34.5 Å². The van der Waals surface area contributed by atoms with Crippen LogP contribution in [0.15, 0.2) is 72.8 Å². The molecule has 0 saturated carbocycles. The van der Waals surface area contributed by atoms with Gasteiger partial charge in [0.05, 0.1) is 9.85 Å². The second-order valence-electron chi connectivity index (χ2n) is 11.7. The maximum atomic E-state index is 13.1. The maximum absolute atomic E-state index is 13.1. The minimum Gasteiger partial charge on any atom is -0.490 e. The molecule has 4 aromatic rings. The van der Waals surface area contributed by atoms with Crippen LogP contribution in [0, 0.1) is 57.3 Å². The maximum Gasteiger partial charge on any atom is 0.272 e. The lowest BCUT2D eigenvalue weighted by Gasteiger charge is -2.22. The van der Waals surface area contributed by atoms with E-state index in [1.807, 2.05) is 0 Å². The highest BCUT2D eigenvalue weighted by atomic mass is 19.2. The van der Waals surface area contributed by atoms with Crippen molar-refractivity contribution in [2.45, 2.75) is 38.9 Å². The number of halogens is 4. The second kappa shape index (κ2) is 16.7. The summed E-state index contributed by atoms with van der Waals surface area (Å²) in [4.78, 5) is 44.9. The van der Waals surface area contributed by atoms with Crippen molar-refractivity contribution in [3.05, 3.63) is 127 Å². The van der Waals surface area contributed by atoms with E-state index in [4.69, 9.17) is 9.47 Å². The molecule has 4 rings (SSSR count).